The topological polar surface area (TPSA) is 84.9 Å². The molecular formula is C19H20FNO5. The number of hydrogen-bond donors (Lipinski definition) is 2. The summed E-state index contributed by atoms with van der Waals surface area (Å²) in [5.41, 5.74) is 0.970. The van der Waals surface area contributed by atoms with Crippen LogP contribution in [0.1, 0.15) is 28.8 Å². The van der Waals surface area contributed by atoms with E-state index in [0.29, 0.717) is 24.5 Å². The lowest BCUT2D eigenvalue weighted by Gasteiger charge is -2.10. The first-order valence-electron chi connectivity index (χ1n) is 8.05. The number of carbonyl (C=O) groups excluding carboxylic acids is 1. The lowest BCUT2D eigenvalue weighted by atomic mass is 10.1. The number of aliphatic carboxylic acids is 1. The Morgan fingerprint density at radius 1 is 1.15 bits per heavy atom. The number of hydrogen-bond acceptors (Lipinski definition) is 4. The van der Waals surface area contributed by atoms with Crippen molar-refractivity contribution in [1.29, 1.82) is 0 Å². The Morgan fingerprint density at radius 3 is 2.54 bits per heavy atom. The second-order valence-electron chi connectivity index (χ2n) is 5.52. The summed E-state index contributed by atoms with van der Waals surface area (Å²) in [7, 11) is 1.42. The van der Waals surface area contributed by atoms with E-state index in [1.54, 1.807) is 24.3 Å². The lowest BCUT2D eigenvalue weighted by molar-refractivity contribution is -0.137. The lowest BCUT2D eigenvalue weighted by Crippen LogP contribution is -2.23. The van der Waals surface area contributed by atoms with Crippen molar-refractivity contribution in [1.82, 2.24) is 5.32 Å². The number of methoxy groups -OCH3 is 1. The second kappa shape index (κ2) is 9.41. The smallest absolute Gasteiger partial charge is 0.303 e. The number of carboxylic acids is 1. The van der Waals surface area contributed by atoms with E-state index in [1.165, 1.54) is 19.2 Å². The molecule has 26 heavy (non-hydrogen) atoms. The van der Waals surface area contributed by atoms with Crippen LogP contribution in [0.2, 0.25) is 0 Å². The molecule has 0 radical (unpaired) electrons. The van der Waals surface area contributed by atoms with Crippen molar-refractivity contribution < 1.29 is 28.6 Å². The molecule has 0 aromatic heterocycles. The molecule has 2 aromatic rings. The first-order valence-corrected chi connectivity index (χ1v) is 8.05. The number of carbonyl (C=O) groups is 2. The minimum Gasteiger partial charge on any atom is -0.496 e. The molecule has 0 fully saturated rings. The van der Waals surface area contributed by atoms with Crippen molar-refractivity contribution in [3.05, 3.63) is 59.4 Å². The highest BCUT2D eigenvalue weighted by Crippen LogP contribution is 2.19. The number of ether oxygens (including phenoxy) is 2. The Labute approximate surface area is 150 Å². The summed E-state index contributed by atoms with van der Waals surface area (Å²) in [6, 6.07) is 10.8. The molecule has 0 unspecified atom stereocenters. The SMILES string of the molecule is COc1ccc(F)cc1C(=O)NCc1ccc(OCCCC(=O)O)cc1. The predicted molar refractivity (Wildman–Crippen MR) is 92.9 cm³/mol. The van der Waals surface area contributed by atoms with Crippen molar-refractivity contribution in [2.75, 3.05) is 13.7 Å². The van der Waals surface area contributed by atoms with Gasteiger partial charge in [0.15, 0.2) is 0 Å². The van der Waals surface area contributed by atoms with Crippen molar-refractivity contribution in [3.8, 4) is 11.5 Å². The Hall–Kier alpha value is -3.09. The maximum Gasteiger partial charge on any atom is 0.303 e. The normalized spacial score (nSPS) is 10.2. The molecule has 0 saturated heterocycles. The number of carboxylic acid groups (broad SMARTS) is 1. The number of amides is 1. The van der Waals surface area contributed by atoms with Crippen molar-refractivity contribution in [2.45, 2.75) is 19.4 Å². The standard InChI is InChI=1S/C19H20FNO5/c1-25-17-9-6-14(20)11-16(17)19(24)21-12-13-4-7-15(8-5-13)26-10-2-3-18(22)23/h4-9,11H,2-3,10,12H2,1H3,(H,21,24)(H,22,23). The van der Waals surface area contributed by atoms with E-state index < -0.39 is 17.7 Å². The summed E-state index contributed by atoms with van der Waals surface area (Å²) in [6.45, 7) is 0.583. The zero-order valence-electron chi connectivity index (χ0n) is 14.3. The molecule has 0 aliphatic carbocycles. The van der Waals surface area contributed by atoms with Gasteiger partial charge in [-0.15, -0.1) is 0 Å². The molecule has 2 aromatic carbocycles. The minimum absolute atomic E-state index is 0.0632. The van der Waals surface area contributed by atoms with Gasteiger partial charge in [0.05, 0.1) is 19.3 Å². The molecule has 0 heterocycles. The third kappa shape index (κ3) is 5.77. The molecule has 2 rings (SSSR count). The van der Waals surface area contributed by atoms with Crippen LogP contribution >= 0.6 is 0 Å². The second-order valence-corrected chi connectivity index (χ2v) is 5.52. The zero-order valence-corrected chi connectivity index (χ0v) is 14.3. The van der Waals surface area contributed by atoms with Gasteiger partial charge in [0.25, 0.3) is 5.91 Å². The average Bonchev–Trinajstić information content (AvgIpc) is 2.64. The van der Waals surface area contributed by atoms with Crippen LogP contribution in [0, 0.1) is 5.82 Å². The highest BCUT2D eigenvalue weighted by atomic mass is 19.1. The third-order valence-electron chi connectivity index (χ3n) is 3.59. The molecule has 0 saturated carbocycles. The van der Waals surface area contributed by atoms with Crippen LogP contribution in [0.25, 0.3) is 0 Å². The van der Waals surface area contributed by atoms with E-state index in [1.807, 2.05) is 0 Å². The van der Waals surface area contributed by atoms with Crippen LogP contribution in [0.5, 0.6) is 11.5 Å². The molecule has 1 amide bonds. The van der Waals surface area contributed by atoms with E-state index in [-0.39, 0.29) is 18.5 Å². The van der Waals surface area contributed by atoms with E-state index in [2.05, 4.69) is 5.32 Å². The van der Waals surface area contributed by atoms with Gasteiger partial charge in [-0.3, -0.25) is 9.59 Å². The van der Waals surface area contributed by atoms with E-state index in [0.717, 1.165) is 11.6 Å². The molecule has 2 N–H and O–H groups in total. The summed E-state index contributed by atoms with van der Waals surface area (Å²) in [6.07, 6.45) is 0.496. The number of nitrogens with one attached hydrogen (secondary N) is 1. The maximum atomic E-state index is 13.3. The Morgan fingerprint density at radius 2 is 1.88 bits per heavy atom. The fraction of sp³-hybridized carbons (Fsp3) is 0.263. The van der Waals surface area contributed by atoms with Gasteiger partial charge < -0.3 is 19.9 Å². The van der Waals surface area contributed by atoms with Crippen LogP contribution in [0.4, 0.5) is 4.39 Å². The Bertz CT molecular complexity index is 761. The van der Waals surface area contributed by atoms with Gasteiger partial charge in [-0.2, -0.15) is 0 Å². The summed E-state index contributed by atoms with van der Waals surface area (Å²) in [5, 5.41) is 11.3. The van der Waals surface area contributed by atoms with Gasteiger partial charge in [-0.25, -0.2) is 4.39 Å². The highest BCUT2D eigenvalue weighted by molar-refractivity contribution is 5.96. The first-order chi connectivity index (χ1) is 12.5. The zero-order chi connectivity index (χ0) is 18.9. The molecule has 6 nitrogen and oxygen atoms in total. The van der Waals surface area contributed by atoms with Crippen molar-refractivity contribution in [3.63, 3.8) is 0 Å². The van der Waals surface area contributed by atoms with E-state index in [9.17, 15) is 14.0 Å². The Balaban J connectivity index is 1.86. The van der Waals surface area contributed by atoms with Crippen LogP contribution < -0.4 is 14.8 Å². The summed E-state index contributed by atoms with van der Waals surface area (Å²) < 4.78 is 23.9. The van der Waals surface area contributed by atoms with Gasteiger partial charge in [0, 0.05) is 13.0 Å². The highest BCUT2D eigenvalue weighted by Gasteiger charge is 2.13. The molecule has 0 atom stereocenters. The predicted octanol–water partition coefficient (Wildman–Crippen LogP) is 3.01. The minimum atomic E-state index is -0.852. The van der Waals surface area contributed by atoms with Gasteiger partial charge in [0.2, 0.25) is 0 Å². The van der Waals surface area contributed by atoms with Gasteiger partial charge in [0.1, 0.15) is 17.3 Å². The number of benzene rings is 2. The van der Waals surface area contributed by atoms with Crippen molar-refractivity contribution >= 4 is 11.9 Å². The molecule has 0 spiro atoms. The summed E-state index contributed by atoms with van der Waals surface area (Å²) in [4.78, 5) is 22.6. The summed E-state index contributed by atoms with van der Waals surface area (Å²) >= 11 is 0. The van der Waals surface area contributed by atoms with Crippen LogP contribution in [-0.4, -0.2) is 30.7 Å². The molecular weight excluding hydrogens is 341 g/mol. The molecule has 138 valence electrons. The van der Waals surface area contributed by atoms with Crippen LogP contribution in [-0.2, 0) is 11.3 Å². The van der Waals surface area contributed by atoms with Gasteiger partial charge in [-0.05, 0) is 42.3 Å². The fourth-order valence-corrected chi connectivity index (χ4v) is 2.25. The van der Waals surface area contributed by atoms with E-state index in [4.69, 9.17) is 14.6 Å². The molecule has 0 aliphatic rings. The van der Waals surface area contributed by atoms with Gasteiger partial charge >= 0.3 is 5.97 Å². The Kier molecular flexibility index (Phi) is 6.96. The molecule has 0 aliphatic heterocycles. The fourth-order valence-electron chi connectivity index (χ4n) is 2.25. The molecule has 0 bridgehead atoms. The maximum absolute atomic E-state index is 13.3. The van der Waals surface area contributed by atoms with E-state index >= 15 is 0 Å². The molecule has 7 heteroatoms. The van der Waals surface area contributed by atoms with Crippen molar-refractivity contribution in [2.24, 2.45) is 0 Å². The number of rotatable bonds is 9. The monoisotopic (exact) mass is 361 g/mol. The average molecular weight is 361 g/mol. The summed E-state index contributed by atoms with van der Waals surface area (Å²) in [5.74, 6) is -0.878. The first kappa shape index (κ1) is 19.2. The largest absolute Gasteiger partial charge is 0.496 e. The van der Waals surface area contributed by atoms with Crippen LogP contribution in [0.15, 0.2) is 42.5 Å². The quantitative estimate of drug-likeness (QED) is 0.671. The van der Waals surface area contributed by atoms with Crippen LogP contribution in [0.3, 0.4) is 0 Å². The number of halogens is 1. The van der Waals surface area contributed by atoms with Gasteiger partial charge in [-0.1, -0.05) is 12.1 Å². The third-order valence-corrected chi connectivity index (χ3v) is 3.59.